The topological polar surface area (TPSA) is 53.1 Å². The maximum Gasteiger partial charge on any atom is 0.236 e. The molecule has 0 atom stereocenters. The lowest BCUT2D eigenvalue weighted by Gasteiger charge is -2.25. The third-order valence-corrected chi connectivity index (χ3v) is 3.41. The third kappa shape index (κ3) is 2.15. The lowest BCUT2D eigenvalue weighted by Crippen LogP contribution is -2.15. The SMILES string of the molecule is CCn1nc(C)c(N)c1OCCC1CCC1. The van der Waals surface area contributed by atoms with Gasteiger partial charge in [-0.1, -0.05) is 19.3 Å². The molecule has 0 spiro atoms. The molecule has 2 N–H and O–H groups in total. The number of anilines is 1. The summed E-state index contributed by atoms with van der Waals surface area (Å²) in [6, 6.07) is 0. The van der Waals surface area contributed by atoms with Gasteiger partial charge in [-0.3, -0.25) is 0 Å². The van der Waals surface area contributed by atoms with Crippen molar-refractivity contribution in [2.75, 3.05) is 12.3 Å². The summed E-state index contributed by atoms with van der Waals surface area (Å²) in [5, 5.41) is 4.33. The molecule has 2 rings (SSSR count). The summed E-state index contributed by atoms with van der Waals surface area (Å²) in [6.45, 7) is 5.53. The molecule has 1 saturated carbocycles. The Bertz CT molecular complexity index is 355. The Morgan fingerprint density at radius 3 is 2.81 bits per heavy atom. The molecule has 1 aromatic heterocycles. The summed E-state index contributed by atoms with van der Waals surface area (Å²) < 4.78 is 7.60. The first-order valence-electron chi connectivity index (χ1n) is 6.18. The molecule has 0 unspecified atom stereocenters. The maximum atomic E-state index is 5.93. The van der Waals surface area contributed by atoms with Crippen molar-refractivity contribution in [3.8, 4) is 5.88 Å². The zero-order chi connectivity index (χ0) is 11.5. The Morgan fingerprint density at radius 2 is 2.25 bits per heavy atom. The average Bonchev–Trinajstić information content (AvgIpc) is 2.48. The number of nitrogen functional groups attached to an aromatic ring is 1. The predicted molar refractivity (Wildman–Crippen MR) is 64.5 cm³/mol. The number of nitrogens with two attached hydrogens (primary N) is 1. The van der Waals surface area contributed by atoms with E-state index in [1.54, 1.807) is 0 Å². The van der Waals surface area contributed by atoms with E-state index in [2.05, 4.69) is 5.10 Å². The van der Waals surface area contributed by atoms with Crippen molar-refractivity contribution in [2.45, 2.75) is 46.1 Å². The molecule has 0 saturated heterocycles. The van der Waals surface area contributed by atoms with Crippen molar-refractivity contribution in [1.82, 2.24) is 9.78 Å². The maximum absolute atomic E-state index is 5.93. The minimum atomic E-state index is 0.690. The highest BCUT2D eigenvalue weighted by Gasteiger charge is 2.18. The van der Waals surface area contributed by atoms with Gasteiger partial charge in [-0.05, 0) is 26.2 Å². The Kier molecular flexibility index (Phi) is 3.36. The second kappa shape index (κ2) is 4.76. The van der Waals surface area contributed by atoms with Crippen molar-refractivity contribution in [1.29, 1.82) is 0 Å². The van der Waals surface area contributed by atoms with Crippen LogP contribution < -0.4 is 10.5 Å². The van der Waals surface area contributed by atoms with Crippen LogP contribution in [0.25, 0.3) is 0 Å². The molecule has 4 heteroatoms. The second-order valence-electron chi connectivity index (χ2n) is 4.55. The normalized spacial score (nSPS) is 16.1. The second-order valence-corrected chi connectivity index (χ2v) is 4.55. The Morgan fingerprint density at radius 1 is 1.50 bits per heavy atom. The van der Waals surface area contributed by atoms with E-state index in [9.17, 15) is 0 Å². The van der Waals surface area contributed by atoms with E-state index in [1.165, 1.54) is 19.3 Å². The molecule has 0 radical (unpaired) electrons. The molecule has 0 aliphatic heterocycles. The number of rotatable bonds is 5. The van der Waals surface area contributed by atoms with Gasteiger partial charge in [0.25, 0.3) is 0 Å². The molecular weight excluding hydrogens is 202 g/mol. The molecule has 0 amide bonds. The van der Waals surface area contributed by atoms with E-state index in [0.29, 0.717) is 5.69 Å². The Labute approximate surface area is 96.8 Å². The van der Waals surface area contributed by atoms with Gasteiger partial charge < -0.3 is 10.5 Å². The van der Waals surface area contributed by atoms with Crippen LogP contribution >= 0.6 is 0 Å². The third-order valence-electron chi connectivity index (χ3n) is 3.41. The molecule has 1 heterocycles. The van der Waals surface area contributed by atoms with E-state index >= 15 is 0 Å². The van der Waals surface area contributed by atoms with E-state index < -0.39 is 0 Å². The summed E-state index contributed by atoms with van der Waals surface area (Å²) in [7, 11) is 0. The molecule has 1 aromatic rings. The van der Waals surface area contributed by atoms with Gasteiger partial charge in [0.05, 0.1) is 12.3 Å². The smallest absolute Gasteiger partial charge is 0.236 e. The van der Waals surface area contributed by atoms with Crippen molar-refractivity contribution in [3.63, 3.8) is 0 Å². The van der Waals surface area contributed by atoms with Crippen molar-refractivity contribution in [3.05, 3.63) is 5.69 Å². The molecule has 1 aliphatic carbocycles. The van der Waals surface area contributed by atoms with Gasteiger partial charge in [0.1, 0.15) is 5.69 Å². The standard InChI is InChI=1S/C12H21N3O/c1-3-15-12(11(13)9(2)14-15)16-8-7-10-5-4-6-10/h10H,3-8,13H2,1-2H3. The predicted octanol–water partition coefficient (Wildman–Crippen LogP) is 2.36. The number of hydrogen-bond acceptors (Lipinski definition) is 3. The minimum absolute atomic E-state index is 0.690. The van der Waals surface area contributed by atoms with Crippen LogP contribution in [0.2, 0.25) is 0 Å². The zero-order valence-corrected chi connectivity index (χ0v) is 10.2. The van der Waals surface area contributed by atoms with Crippen LogP contribution in [0.1, 0.15) is 38.3 Å². The van der Waals surface area contributed by atoms with Crippen LogP contribution in [0, 0.1) is 12.8 Å². The lowest BCUT2D eigenvalue weighted by atomic mass is 9.83. The van der Waals surface area contributed by atoms with Gasteiger partial charge in [0.15, 0.2) is 0 Å². The first kappa shape index (κ1) is 11.3. The summed E-state index contributed by atoms with van der Waals surface area (Å²) in [5.74, 6) is 1.62. The minimum Gasteiger partial charge on any atom is -0.476 e. The van der Waals surface area contributed by atoms with E-state index in [-0.39, 0.29) is 0 Å². The molecule has 0 aromatic carbocycles. The van der Waals surface area contributed by atoms with Crippen LogP contribution in [0.3, 0.4) is 0 Å². The Balaban J connectivity index is 1.91. The fourth-order valence-corrected chi connectivity index (χ4v) is 2.04. The quantitative estimate of drug-likeness (QED) is 0.833. The molecule has 4 nitrogen and oxygen atoms in total. The highest BCUT2D eigenvalue weighted by Crippen LogP contribution is 2.30. The van der Waals surface area contributed by atoms with Crippen molar-refractivity contribution >= 4 is 5.69 Å². The van der Waals surface area contributed by atoms with Gasteiger partial charge in [0, 0.05) is 6.54 Å². The van der Waals surface area contributed by atoms with Crippen LogP contribution in [0.5, 0.6) is 5.88 Å². The number of nitrogens with zero attached hydrogens (tertiary/aromatic N) is 2. The van der Waals surface area contributed by atoms with E-state index in [0.717, 1.165) is 37.1 Å². The summed E-state index contributed by atoms with van der Waals surface area (Å²) in [4.78, 5) is 0. The molecule has 90 valence electrons. The van der Waals surface area contributed by atoms with Crippen LogP contribution in [0.4, 0.5) is 5.69 Å². The van der Waals surface area contributed by atoms with Gasteiger partial charge in [-0.15, -0.1) is 0 Å². The van der Waals surface area contributed by atoms with Gasteiger partial charge in [-0.25, -0.2) is 4.68 Å². The average molecular weight is 223 g/mol. The highest BCUT2D eigenvalue weighted by molar-refractivity contribution is 5.52. The molecule has 1 aliphatic rings. The molecular formula is C12H21N3O. The highest BCUT2D eigenvalue weighted by atomic mass is 16.5. The first-order valence-corrected chi connectivity index (χ1v) is 6.18. The van der Waals surface area contributed by atoms with Crippen LogP contribution in [0.15, 0.2) is 0 Å². The number of ether oxygens (including phenoxy) is 1. The number of hydrogen-bond donors (Lipinski definition) is 1. The molecule has 1 fully saturated rings. The fraction of sp³-hybridized carbons (Fsp3) is 0.750. The number of aromatic nitrogens is 2. The summed E-state index contributed by atoms with van der Waals surface area (Å²) >= 11 is 0. The van der Waals surface area contributed by atoms with Crippen LogP contribution in [-0.2, 0) is 6.54 Å². The zero-order valence-electron chi connectivity index (χ0n) is 10.2. The van der Waals surface area contributed by atoms with Crippen molar-refractivity contribution < 1.29 is 4.74 Å². The van der Waals surface area contributed by atoms with E-state index in [4.69, 9.17) is 10.5 Å². The Hall–Kier alpha value is -1.19. The van der Waals surface area contributed by atoms with E-state index in [1.807, 2.05) is 18.5 Å². The largest absolute Gasteiger partial charge is 0.476 e. The van der Waals surface area contributed by atoms with Gasteiger partial charge >= 0.3 is 0 Å². The fourth-order valence-electron chi connectivity index (χ4n) is 2.04. The molecule has 0 bridgehead atoms. The lowest BCUT2D eigenvalue weighted by molar-refractivity contribution is 0.211. The van der Waals surface area contributed by atoms with Crippen LogP contribution in [-0.4, -0.2) is 16.4 Å². The van der Waals surface area contributed by atoms with Gasteiger partial charge in [-0.2, -0.15) is 5.10 Å². The summed E-state index contributed by atoms with van der Waals surface area (Å²) in [6.07, 6.45) is 5.27. The summed E-state index contributed by atoms with van der Waals surface area (Å²) in [5.41, 5.74) is 7.49. The van der Waals surface area contributed by atoms with Gasteiger partial charge in [0.2, 0.25) is 5.88 Å². The first-order chi connectivity index (χ1) is 7.72. The molecule has 16 heavy (non-hydrogen) atoms. The monoisotopic (exact) mass is 223 g/mol. The van der Waals surface area contributed by atoms with Crippen molar-refractivity contribution in [2.24, 2.45) is 5.92 Å². The number of aryl methyl sites for hydroxylation is 2.